The van der Waals surface area contributed by atoms with Gasteiger partial charge in [0.15, 0.2) is 0 Å². The standard InChI is InChI=1S/C20H25N3O.C2HF3O2/c1-14-11-16(3)19(12-15(14)2)20(24)23-9-7-22(8-10-23)18-5-6-21-17(4)13-18;3-2(4,5)1(6)7/h5-6,11-13H,7-10H2,1-4H3;(H,6,7). The molecule has 2 aromatic rings. The van der Waals surface area contributed by atoms with Crippen molar-refractivity contribution in [1.29, 1.82) is 0 Å². The van der Waals surface area contributed by atoms with Gasteiger partial charge in [0.2, 0.25) is 0 Å². The van der Waals surface area contributed by atoms with E-state index in [-0.39, 0.29) is 5.91 Å². The van der Waals surface area contributed by atoms with Crippen LogP contribution in [-0.4, -0.2) is 59.2 Å². The molecule has 1 amide bonds. The third-order valence-electron chi connectivity index (χ3n) is 5.13. The molecule has 1 aromatic heterocycles. The number of carboxylic acids is 1. The topological polar surface area (TPSA) is 73.7 Å². The van der Waals surface area contributed by atoms with Crippen LogP contribution in [0.15, 0.2) is 30.5 Å². The number of benzene rings is 1. The number of pyridine rings is 1. The Morgan fingerprint density at radius 1 is 0.935 bits per heavy atom. The zero-order valence-electron chi connectivity index (χ0n) is 18.0. The Labute approximate surface area is 179 Å². The summed E-state index contributed by atoms with van der Waals surface area (Å²) in [6.45, 7) is 11.4. The highest BCUT2D eigenvalue weighted by molar-refractivity contribution is 5.96. The third-order valence-corrected chi connectivity index (χ3v) is 5.13. The number of alkyl halides is 3. The molecule has 3 rings (SSSR count). The maximum Gasteiger partial charge on any atom is 0.490 e. The van der Waals surface area contributed by atoms with Crippen LogP contribution in [0.2, 0.25) is 0 Å². The molecular formula is C22H26F3N3O3. The Balaban J connectivity index is 0.000000423. The molecule has 6 nitrogen and oxygen atoms in total. The minimum Gasteiger partial charge on any atom is -0.475 e. The van der Waals surface area contributed by atoms with Crippen LogP contribution >= 0.6 is 0 Å². The fourth-order valence-corrected chi connectivity index (χ4v) is 3.26. The predicted molar refractivity (Wildman–Crippen MR) is 111 cm³/mol. The molecule has 0 spiro atoms. The number of piperazine rings is 1. The van der Waals surface area contributed by atoms with E-state index in [0.29, 0.717) is 0 Å². The summed E-state index contributed by atoms with van der Waals surface area (Å²) >= 11 is 0. The molecule has 1 aromatic carbocycles. The number of rotatable bonds is 2. The molecule has 1 N–H and O–H groups in total. The summed E-state index contributed by atoms with van der Waals surface area (Å²) in [5.41, 5.74) is 6.53. The number of aryl methyl sites for hydroxylation is 4. The lowest BCUT2D eigenvalue weighted by molar-refractivity contribution is -0.192. The van der Waals surface area contributed by atoms with E-state index < -0.39 is 12.1 Å². The largest absolute Gasteiger partial charge is 0.490 e. The lowest BCUT2D eigenvalue weighted by Gasteiger charge is -2.36. The molecular weight excluding hydrogens is 411 g/mol. The van der Waals surface area contributed by atoms with Gasteiger partial charge in [0.05, 0.1) is 0 Å². The second-order valence-corrected chi connectivity index (χ2v) is 7.49. The number of carbonyl (C=O) groups is 2. The van der Waals surface area contributed by atoms with Crippen LogP contribution in [0.5, 0.6) is 0 Å². The Kier molecular flexibility index (Phi) is 7.65. The smallest absolute Gasteiger partial charge is 0.475 e. The van der Waals surface area contributed by atoms with Crippen molar-refractivity contribution < 1.29 is 27.9 Å². The van der Waals surface area contributed by atoms with Crippen LogP contribution in [-0.2, 0) is 4.79 Å². The van der Waals surface area contributed by atoms with Gasteiger partial charge in [-0.2, -0.15) is 13.2 Å². The average molecular weight is 437 g/mol. The van der Waals surface area contributed by atoms with Crippen LogP contribution in [0, 0.1) is 27.7 Å². The molecule has 0 aliphatic carbocycles. The van der Waals surface area contributed by atoms with Gasteiger partial charge in [0.25, 0.3) is 5.91 Å². The molecule has 1 fully saturated rings. The van der Waals surface area contributed by atoms with Crippen molar-refractivity contribution in [2.45, 2.75) is 33.9 Å². The molecule has 1 aliphatic rings. The van der Waals surface area contributed by atoms with Gasteiger partial charge in [-0.15, -0.1) is 0 Å². The monoisotopic (exact) mass is 437 g/mol. The van der Waals surface area contributed by atoms with Crippen LogP contribution in [0.1, 0.15) is 32.7 Å². The van der Waals surface area contributed by atoms with E-state index in [1.54, 1.807) is 0 Å². The fraction of sp³-hybridized carbons (Fsp3) is 0.409. The van der Waals surface area contributed by atoms with Crippen molar-refractivity contribution in [1.82, 2.24) is 9.88 Å². The normalized spacial score (nSPS) is 14.0. The Morgan fingerprint density at radius 2 is 1.48 bits per heavy atom. The molecule has 2 heterocycles. The van der Waals surface area contributed by atoms with Gasteiger partial charge in [-0.05, 0) is 62.6 Å². The van der Waals surface area contributed by atoms with E-state index in [1.807, 2.05) is 37.1 Å². The van der Waals surface area contributed by atoms with Crippen LogP contribution in [0.25, 0.3) is 0 Å². The first-order valence-corrected chi connectivity index (χ1v) is 9.75. The number of hydrogen-bond acceptors (Lipinski definition) is 4. The first-order valence-electron chi connectivity index (χ1n) is 9.75. The molecule has 31 heavy (non-hydrogen) atoms. The van der Waals surface area contributed by atoms with E-state index in [9.17, 15) is 18.0 Å². The number of hydrogen-bond donors (Lipinski definition) is 1. The molecule has 0 unspecified atom stereocenters. The maximum atomic E-state index is 12.9. The fourth-order valence-electron chi connectivity index (χ4n) is 3.26. The molecule has 168 valence electrons. The zero-order chi connectivity index (χ0) is 23.3. The van der Waals surface area contributed by atoms with E-state index in [4.69, 9.17) is 9.90 Å². The average Bonchev–Trinajstić information content (AvgIpc) is 2.70. The minimum absolute atomic E-state index is 0.154. The van der Waals surface area contributed by atoms with Gasteiger partial charge in [-0.1, -0.05) is 6.07 Å². The summed E-state index contributed by atoms with van der Waals surface area (Å²) in [5.74, 6) is -2.60. The van der Waals surface area contributed by atoms with Crippen molar-refractivity contribution in [3.05, 3.63) is 58.4 Å². The van der Waals surface area contributed by atoms with E-state index in [0.717, 1.165) is 43.0 Å². The van der Waals surface area contributed by atoms with Gasteiger partial charge in [0.1, 0.15) is 0 Å². The van der Waals surface area contributed by atoms with Gasteiger partial charge < -0.3 is 14.9 Å². The number of halogens is 3. The number of carbonyl (C=O) groups excluding carboxylic acids is 1. The molecule has 0 atom stereocenters. The van der Waals surface area contributed by atoms with E-state index in [1.165, 1.54) is 16.8 Å². The third kappa shape index (κ3) is 6.44. The predicted octanol–water partition coefficient (Wildman–Crippen LogP) is 3.91. The van der Waals surface area contributed by atoms with E-state index in [2.05, 4.69) is 35.9 Å². The second kappa shape index (κ2) is 9.80. The number of carboxylic acid groups (broad SMARTS) is 1. The van der Waals surface area contributed by atoms with Crippen molar-refractivity contribution in [3.8, 4) is 0 Å². The maximum absolute atomic E-state index is 12.9. The van der Waals surface area contributed by atoms with Crippen LogP contribution < -0.4 is 4.90 Å². The summed E-state index contributed by atoms with van der Waals surface area (Å²) in [6.07, 6.45) is -3.24. The zero-order valence-corrected chi connectivity index (χ0v) is 18.0. The minimum atomic E-state index is -5.08. The number of nitrogens with zero attached hydrogens (tertiary/aromatic N) is 3. The first-order chi connectivity index (χ1) is 14.4. The lowest BCUT2D eigenvalue weighted by Crippen LogP contribution is -2.49. The van der Waals surface area contributed by atoms with Crippen molar-refractivity contribution in [2.75, 3.05) is 31.1 Å². The summed E-state index contributed by atoms with van der Waals surface area (Å²) in [7, 11) is 0. The Morgan fingerprint density at radius 3 is 2.00 bits per heavy atom. The number of amides is 1. The number of anilines is 1. The molecule has 1 saturated heterocycles. The van der Waals surface area contributed by atoms with Crippen molar-refractivity contribution in [3.63, 3.8) is 0 Å². The van der Waals surface area contributed by atoms with E-state index >= 15 is 0 Å². The number of aliphatic carboxylic acids is 1. The second-order valence-electron chi connectivity index (χ2n) is 7.49. The molecule has 0 radical (unpaired) electrons. The molecule has 0 saturated carbocycles. The van der Waals surface area contributed by atoms with Crippen LogP contribution in [0.4, 0.5) is 18.9 Å². The number of aromatic nitrogens is 1. The summed E-state index contributed by atoms with van der Waals surface area (Å²) in [6, 6.07) is 8.28. The SMILES string of the molecule is Cc1cc(N2CCN(C(=O)c3cc(C)c(C)cc3C)CC2)ccn1.O=C(O)C(F)(F)F. The summed E-state index contributed by atoms with van der Waals surface area (Å²) in [4.78, 5) is 30.3. The first kappa shape index (κ1) is 24.2. The van der Waals surface area contributed by atoms with Gasteiger partial charge >= 0.3 is 12.1 Å². The summed E-state index contributed by atoms with van der Waals surface area (Å²) in [5, 5.41) is 7.12. The highest BCUT2D eigenvalue weighted by Gasteiger charge is 2.38. The van der Waals surface area contributed by atoms with Gasteiger partial charge in [0, 0.05) is 49.3 Å². The van der Waals surface area contributed by atoms with Crippen molar-refractivity contribution in [2.24, 2.45) is 0 Å². The van der Waals surface area contributed by atoms with Crippen molar-refractivity contribution >= 4 is 17.6 Å². The molecule has 1 aliphatic heterocycles. The highest BCUT2D eigenvalue weighted by Crippen LogP contribution is 2.20. The lowest BCUT2D eigenvalue weighted by atomic mass is 10.00. The summed E-state index contributed by atoms with van der Waals surface area (Å²) < 4.78 is 31.7. The van der Waals surface area contributed by atoms with Gasteiger partial charge in [-0.25, -0.2) is 4.79 Å². The highest BCUT2D eigenvalue weighted by atomic mass is 19.4. The molecule has 9 heteroatoms. The molecule has 0 bridgehead atoms. The van der Waals surface area contributed by atoms with Crippen LogP contribution in [0.3, 0.4) is 0 Å². The Bertz CT molecular complexity index is 953. The van der Waals surface area contributed by atoms with Gasteiger partial charge in [-0.3, -0.25) is 9.78 Å². The Hall–Kier alpha value is -3.10. The quantitative estimate of drug-likeness (QED) is 0.771.